The molecule has 0 aliphatic rings. The smallest absolute Gasteiger partial charge is 0.0574 e. The summed E-state index contributed by atoms with van der Waals surface area (Å²) in [6.45, 7) is 4.19. The summed E-state index contributed by atoms with van der Waals surface area (Å²) in [4.78, 5) is 0. The van der Waals surface area contributed by atoms with E-state index in [2.05, 4.69) is 6.92 Å². The monoisotopic (exact) mass is 170 g/mol. The zero-order chi connectivity index (χ0) is 9.23. The van der Waals surface area contributed by atoms with E-state index in [4.69, 9.17) is 0 Å². The molecule has 0 aliphatic heterocycles. The third-order valence-corrected chi connectivity index (χ3v) is 2.03. The first kappa shape index (κ1) is 11.7. The van der Waals surface area contributed by atoms with Crippen LogP contribution in [0.4, 0.5) is 0 Å². The number of unbranched alkanes of at least 4 members (excludes halogenated alkanes) is 3. The van der Waals surface area contributed by atoms with Crippen LogP contribution in [0, 0.1) is 0 Å². The second-order valence-corrected chi connectivity index (χ2v) is 3.31. The molecule has 0 aromatic rings. The molecular formula is C11H22O. The van der Waals surface area contributed by atoms with Gasteiger partial charge in [-0.2, -0.15) is 0 Å². The first-order valence-corrected chi connectivity index (χ1v) is 5.10. The van der Waals surface area contributed by atoms with E-state index in [0.29, 0.717) is 0 Å². The summed E-state index contributed by atoms with van der Waals surface area (Å²) in [5, 5.41) is 9.43. The van der Waals surface area contributed by atoms with Gasteiger partial charge in [-0.25, -0.2) is 0 Å². The number of aliphatic hydroxyl groups is 1. The van der Waals surface area contributed by atoms with Crippen LogP contribution >= 0.6 is 0 Å². The molecule has 0 aromatic carbocycles. The van der Waals surface area contributed by atoms with Crippen molar-refractivity contribution < 1.29 is 5.11 Å². The summed E-state index contributed by atoms with van der Waals surface area (Å²) >= 11 is 0. The molecular weight excluding hydrogens is 148 g/mol. The van der Waals surface area contributed by atoms with E-state index in [9.17, 15) is 5.11 Å². The van der Waals surface area contributed by atoms with Crippen LogP contribution in [0.2, 0.25) is 0 Å². The van der Waals surface area contributed by atoms with Crippen LogP contribution in [-0.2, 0) is 0 Å². The van der Waals surface area contributed by atoms with E-state index in [-0.39, 0.29) is 6.10 Å². The van der Waals surface area contributed by atoms with Crippen LogP contribution in [0.3, 0.4) is 0 Å². The molecule has 1 unspecified atom stereocenters. The average Bonchev–Trinajstić information content (AvgIpc) is 2.09. The maximum absolute atomic E-state index is 9.43. The van der Waals surface area contributed by atoms with Crippen molar-refractivity contribution in [3.63, 3.8) is 0 Å². The lowest BCUT2D eigenvalue weighted by Gasteiger charge is -2.06. The second kappa shape index (κ2) is 8.79. The van der Waals surface area contributed by atoms with Gasteiger partial charge in [0, 0.05) is 0 Å². The highest BCUT2D eigenvalue weighted by Gasteiger charge is 1.99. The third kappa shape index (κ3) is 7.80. The lowest BCUT2D eigenvalue weighted by molar-refractivity contribution is 0.164. The van der Waals surface area contributed by atoms with Crippen LogP contribution < -0.4 is 0 Å². The van der Waals surface area contributed by atoms with Crippen molar-refractivity contribution in [3.05, 3.63) is 12.2 Å². The van der Waals surface area contributed by atoms with E-state index in [1.165, 1.54) is 25.7 Å². The molecule has 0 heterocycles. The fraction of sp³-hybridized carbons (Fsp3) is 0.818. The summed E-state index contributed by atoms with van der Waals surface area (Å²) in [7, 11) is 0. The van der Waals surface area contributed by atoms with Gasteiger partial charge in [-0.3, -0.25) is 0 Å². The van der Waals surface area contributed by atoms with E-state index in [0.717, 1.165) is 12.8 Å². The third-order valence-electron chi connectivity index (χ3n) is 2.03. The number of allylic oxidation sites excluding steroid dienone is 1. The predicted molar refractivity (Wildman–Crippen MR) is 54.2 cm³/mol. The molecule has 0 aliphatic carbocycles. The van der Waals surface area contributed by atoms with Crippen LogP contribution in [0.15, 0.2) is 12.2 Å². The minimum absolute atomic E-state index is 0.113. The largest absolute Gasteiger partial charge is 0.393 e. The molecule has 0 spiro atoms. The molecule has 1 heteroatoms. The van der Waals surface area contributed by atoms with Gasteiger partial charge in [0.2, 0.25) is 0 Å². The first-order valence-electron chi connectivity index (χ1n) is 5.10. The van der Waals surface area contributed by atoms with Gasteiger partial charge < -0.3 is 5.11 Å². The van der Waals surface area contributed by atoms with E-state index in [1.54, 1.807) is 0 Å². The molecule has 0 aromatic heterocycles. The highest BCUT2D eigenvalue weighted by molar-refractivity contribution is 4.79. The number of aliphatic hydroxyl groups excluding tert-OH is 1. The molecule has 0 radical (unpaired) electrons. The molecule has 1 N–H and O–H groups in total. The van der Waals surface area contributed by atoms with Gasteiger partial charge in [0.15, 0.2) is 0 Å². The number of hydrogen-bond donors (Lipinski definition) is 1. The summed E-state index contributed by atoms with van der Waals surface area (Å²) in [6, 6.07) is 0. The molecule has 0 saturated heterocycles. The Kier molecular flexibility index (Phi) is 8.57. The fourth-order valence-electron chi connectivity index (χ4n) is 1.22. The second-order valence-electron chi connectivity index (χ2n) is 3.31. The van der Waals surface area contributed by atoms with Crippen molar-refractivity contribution in [2.45, 2.75) is 58.5 Å². The Labute approximate surface area is 76.5 Å². The molecule has 72 valence electrons. The fourth-order valence-corrected chi connectivity index (χ4v) is 1.22. The van der Waals surface area contributed by atoms with Gasteiger partial charge in [-0.05, 0) is 19.8 Å². The summed E-state index contributed by atoms with van der Waals surface area (Å²) in [6.07, 6.45) is 10.7. The standard InChI is InChI=1S/C11H22O/c1-3-5-7-8-10-11(12)9-6-4-2/h4,6,11-12H,3,5,7-10H2,1-2H3/b6-4-. The van der Waals surface area contributed by atoms with Crippen molar-refractivity contribution in [2.24, 2.45) is 0 Å². The molecule has 1 atom stereocenters. The quantitative estimate of drug-likeness (QED) is 0.459. The van der Waals surface area contributed by atoms with Gasteiger partial charge in [0.25, 0.3) is 0 Å². The highest BCUT2D eigenvalue weighted by Crippen LogP contribution is 2.07. The van der Waals surface area contributed by atoms with Crippen molar-refractivity contribution >= 4 is 0 Å². The molecule has 0 fully saturated rings. The van der Waals surface area contributed by atoms with Crippen molar-refractivity contribution in [3.8, 4) is 0 Å². The molecule has 12 heavy (non-hydrogen) atoms. The SMILES string of the molecule is C/C=C\CC(O)CCCCCC. The van der Waals surface area contributed by atoms with Crippen molar-refractivity contribution in [2.75, 3.05) is 0 Å². The van der Waals surface area contributed by atoms with Crippen LogP contribution in [0.1, 0.15) is 52.4 Å². The van der Waals surface area contributed by atoms with Gasteiger partial charge in [0.05, 0.1) is 6.10 Å². The minimum Gasteiger partial charge on any atom is -0.393 e. The topological polar surface area (TPSA) is 20.2 Å². The normalized spacial score (nSPS) is 13.9. The first-order chi connectivity index (χ1) is 5.81. The summed E-state index contributed by atoms with van der Waals surface area (Å²) in [5.41, 5.74) is 0. The van der Waals surface area contributed by atoms with Crippen LogP contribution in [0.5, 0.6) is 0 Å². The molecule has 1 nitrogen and oxygen atoms in total. The Morgan fingerprint density at radius 2 is 2.00 bits per heavy atom. The van der Waals surface area contributed by atoms with E-state index in [1.807, 2.05) is 19.1 Å². The molecule has 0 bridgehead atoms. The molecule has 0 rings (SSSR count). The number of hydrogen-bond acceptors (Lipinski definition) is 1. The van der Waals surface area contributed by atoms with Gasteiger partial charge in [-0.15, -0.1) is 0 Å². The van der Waals surface area contributed by atoms with Crippen LogP contribution in [0.25, 0.3) is 0 Å². The number of rotatable bonds is 7. The summed E-state index contributed by atoms with van der Waals surface area (Å²) in [5.74, 6) is 0. The Balaban J connectivity index is 3.13. The lowest BCUT2D eigenvalue weighted by Crippen LogP contribution is -2.03. The van der Waals surface area contributed by atoms with Gasteiger partial charge >= 0.3 is 0 Å². The Hall–Kier alpha value is -0.300. The zero-order valence-electron chi connectivity index (χ0n) is 8.42. The summed E-state index contributed by atoms with van der Waals surface area (Å²) < 4.78 is 0. The van der Waals surface area contributed by atoms with Gasteiger partial charge in [0.1, 0.15) is 0 Å². The average molecular weight is 170 g/mol. The molecule has 0 amide bonds. The van der Waals surface area contributed by atoms with Crippen molar-refractivity contribution in [1.29, 1.82) is 0 Å². The van der Waals surface area contributed by atoms with Crippen molar-refractivity contribution in [1.82, 2.24) is 0 Å². The lowest BCUT2D eigenvalue weighted by atomic mass is 10.1. The highest BCUT2D eigenvalue weighted by atomic mass is 16.3. The Morgan fingerprint density at radius 3 is 2.58 bits per heavy atom. The maximum Gasteiger partial charge on any atom is 0.0574 e. The minimum atomic E-state index is -0.113. The Morgan fingerprint density at radius 1 is 1.25 bits per heavy atom. The van der Waals surface area contributed by atoms with E-state index >= 15 is 0 Å². The van der Waals surface area contributed by atoms with Crippen LogP contribution in [-0.4, -0.2) is 11.2 Å². The Bertz CT molecular complexity index is 108. The van der Waals surface area contributed by atoms with Gasteiger partial charge in [-0.1, -0.05) is 44.8 Å². The molecule has 0 saturated carbocycles. The van der Waals surface area contributed by atoms with E-state index < -0.39 is 0 Å². The maximum atomic E-state index is 9.43. The predicted octanol–water partition coefficient (Wildman–Crippen LogP) is 3.28. The zero-order valence-corrected chi connectivity index (χ0v) is 8.42.